The van der Waals surface area contributed by atoms with Gasteiger partial charge in [-0.15, -0.1) is 0 Å². The van der Waals surface area contributed by atoms with Crippen molar-refractivity contribution in [2.45, 2.75) is 22.8 Å². The summed E-state index contributed by atoms with van der Waals surface area (Å²) < 4.78 is 51.2. The van der Waals surface area contributed by atoms with Gasteiger partial charge in [0.05, 0.1) is 27.2 Å². The van der Waals surface area contributed by atoms with Gasteiger partial charge in [-0.2, -0.15) is 4.31 Å². The monoisotopic (exact) mass is 494 g/mol. The third-order valence-corrected chi connectivity index (χ3v) is 8.84. The summed E-state index contributed by atoms with van der Waals surface area (Å²) in [6.45, 7) is 0.498. The predicted molar refractivity (Wildman–Crippen MR) is 130 cm³/mol. The van der Waals surface area contributed by atoms with Crippen molar-refractivity contribution in [1.82, 2.24) is 14.3 Å². The average molecular weight is 495 g/mol. The molecule has 0 radical (unpaired) electrons. The van der Waals surface area contributed by atoms with Crippen LogP contribution in [0, 0.1) is 0 Å². The van der Waals surface area contributed by atoms with E-state index in [0.717, 1.165) is 34.0 Å². The van der Waals surface area contributed by atoms with Gasteiger partial charge in [0, 0.05) is 36.5 Å². The zero-order chi connectivity index (χ0) is 23.9. The number of para-hydroxylation sites is 1. The van der Waals surface area contributed by atoms with E-state index in [4.69, 9.17) is 0 Å². The van der Waals surface area contributed by atoms with E-state index >= 15 is 0 Å². The standard InChI is InChI=1S/C24H22N4O4S2/c1-33(29,30)20-6-8-21(9-7-20)34(31,32)28-13-11-22-18(16-28)10-12-25-24(22)27-19-14-17-4-2-3-5-23(17)26-15-19/h2-10,12,14-15H,11,13,16H2,1H3,(H,25,27). The third-order valence-electron chi connectivity index (χ3n) is 5.85. The van der Waals surface area contributed by atoms with Gasteiger partial charge in [0.25, 0.3) is 0 Å². The number of nitrogens with one attached hydrogen (secondary N) is 1. The lowest BCUT2D eigenvalue weighted by atomic mass is 10.0. The van der Waals surface area contributed by atoms with Crippen molar-refractivity contribution in [1.29, 1.82) is 0 Å². The summed E-state index contributed by atoms with van der Waals surface area (Å²) in [5, 5.41) is 4.34. The van der Waals surface area contributed by atoms with Crippen LogP contribution in [-0.4, -0.2) is 43.9 Å². The molecule has 0 saturated carbocycles. The number of nitrogens with zero attached hydrogens (tertiary/aromatic N) is 3. The summed E-state index contributed by atoms with van der Waals surface area (Å²) in [7, 11) is -7.17. The molecule has 2 aromatic carbocycles. The molecule has 0 unspecified atom stereocenters. The van der Waals surface area contributed by atoms with E-state index < -0.39 is 19.9 Å². The molecule has 34 heavy (non-hydrogen) atoms. The van der Waals surface area contributed by atoms with Crippen molar-refractivity contribution in [2.24, 2.45) is 0 Å². The van der Waals surface area contributed by atoms with E-state index in [0.29, 0.717) is 18.8 Å². The van der Waals surface area contributed by atoms with E-state index in [-0.39, 0.29) is 16.3 Å². The summed E-state index contributed by atoms with van der Waals surface area (Å²) >= 11 is 0. The number of sulfone groups is 1. The van der Waals surface area contributed by atoms with Crippen LogP contribution in [0.15, 0.2) is 82.8 Å². The second-order valence-electron chi connectivity index (χ2n) is 8.17. The van der Waals surface area contributed by atoms with E-state index in [1.807, 2.05) is 36.4 Å². The molecule has 0 bridgehead atoms. The Bertz CT molecular complexity index is 1600. The smallest absolute Gasteiger partial charge is 0.243 e. The average Bonchev–Trinajstić information content (AvgIpc) is 2.83. The van der Waals surface area contributed by atoms with Gasteiger partial charge in [-0.1, -0.05) is 18.2 Å². The van der Waals surface area contributed by atoms with Crippen molar-refractivity contribution in [3.05, 3.63) is 84.2 Å². The van der Waals surface area contributed by atoms with Crippen LogP contribution >= 0.6 is 0 Å². The predicted octanol–water partition coefficient (Wildman–Crippen LogP) is 3.52. The number of anilines is 2. The van der Waals surface area contributed by atoms with Crippen LogP contribution in [0.4, 0.5) is 11.5 Å². The Morgan fingerprint density at radius 1 is 0.912 bits per heavy atom. The Labute approximate surface area is 198 Å². The van der Waals surface area contributed by atoms with Crippen molar-refractivity contribution in [3.8, 4) is 0 Å². The van der Waals surface area contributed by atoms with Gasteiger partial charge in [-0.25, -0.2) is 21.8 Å². The van der Waals surface area contributed by atoms with Crippen LogP contribution in [-0.2, 0) is 32.8 Å². The molecule has 174 valence electrons. The minimum atomic E-state index is -3.78. The zero-order valence-electron chi connectivity index (χ0n) is 18.3. The number of pyridine rings is 2. The quantitative estimate of drug-likeness (QED) is 0.452. The van der Waals surface area contributed by atoms with Gasteiger partial charge in [0.15, 0.2) is 9.84 Å². The minimum Gasteiger partial charge on any atom is -0.339 e. The fourth-order valence-corrected chi connectivity index (χ4v) is 6.11. The highest BCUT2D eigenvalue weighted by Gasteiger charge is 2.30. The number of rotatable bonds is 5. The van der Waals surface area contributed by atoms with Gasteiger partial charge in [0.1, 0.15) is 5.82 Å². The normalized spacial score (nSPS) is 14.6. The van der Waals surface area contributed by atoms with Crippen LogP contribution < -0.4 is 5.32 Å². The highest BCUT2D eigenvalue weighted by atomic mass is 32.2. The molecule has 3 heterocycles. The molecular formula is C24H22N4O4S2. The maximum Gasteiger partial charge on any atom is 0.243 e. The molecule has 0 fully saturated rings. The molecule has 1 N–H and O–H groups in total. The molecule has 2 aromatic heterocycles. The molecule has 5 rings (SSSR count). The van der Waals surface area contributed by atoms with Gasteiger partial charge in [0.2, 0.25) is 10.0 Å². The summed E-state index contributed by atoms with van der Waals surface area (Å²) in [4.78, 5) is 9.11. The molecule has 0 amide bonds. The SMILES string of the molecule is CS(=O)(=O)c1ccc(S(=O)(=O)N2CCc3c(ccnc3Nc3cnc4ccccc4c3)C2)cc1. The number of sulfonamides is 1. The molecule has 10 heteroatoms. The highest BCUT2D eigenvalue weighted by Crippen LogP contribution is 2.30. The number of hydrogen-bond donors (Lipinski definition) is 1. The van der Waals surface area contributed by atoms with E-state index in [2.05, 4.69) is 15.3 Å². The van der Waals surface area contributed by atoms with Crippen molar-refractivity contribution < 1.29 is 16.8 Å². The third kappa shape index (κ3) is 4.27. The summed E-state index contributed by atoms with van der Waals surface area (Å²) in [6, 6.07) is 17.0. The largest absolute Gasteiger partial charge is 0.339 e. The highest BCUT2D eigenvalue weighted by molar-refractivity contribution is 7.90. The van der Waals surface area contributed by atoms with E-state index in [9.17, 15) is 16.8 Å². The first-order valence-corrected chi connectivity index (χ1v) is 13.9. The van der Waals surface area contributed by atoms with Gasteiger partial charge in [-0.05, 0) is 54.4 Å². The zero-order valence-corrected chi connectivity index (χ0v) is 20.0. The van der Waals surface area contributed by atoms with Crippen LogP contribution in [0.2, 0.25) is 0 Å². The maximum atomic E-state index is 13.2. The Kier molecular flexibility index (Phi) is 5.59. The maximum absolute atomic E-state index is 13.2. The Balaban J connectivity index is 1.39. The van der Waals surface area contributed by atoms with Crippen molar-refractivity contribution in [3.63, 3.8) is 0 Å². The minimum absolute atomic E-state index is 0.0676. The summed E-state index contributed by atoms with van der Waals surface area (Å²) in [6.07, 6.45) is 4.99. The Morgan fingerprint density at radius 2 is 1.65 bits per heavy atom. The number of benzene rings is 2. The molecule has 0 spiro atoms. The van der Waals surface area contributed by atoms with Crippen molar-refractivity contribution >= 4 is 42.3 Å². The first kappa shape index (κ1) is 22.5. The lowest BCUT2D eigenvalue weighted by Gasteiger charge is -2.29. The van der Waals surface area contributed by atoms with E-state index in [1.165, 1.54) is 28.6 Å². The van der Waals surface area contributed by atoms with Crippen molar-refractivity contribution in [2.75, 3.05) is 18.1 Å². The molecular weight excluding hydrogens is 472 g/mol. The number of fused-ring (bicyclic) bond motifs is 2. The van der Waals surface area contributed by atoms with Crippen LogP contribution in [0.25, 0.3) is 10.9 Å². The molecule has 0 aliphatic carbocycles. The van der Waals surface area contributed by atoms with Crippen LogP contribution in [0.5, 0.6) is 0 Å². The lowest BCUT2D eigenvalue weighted by Crippen LogP contribution is -2.36. The van der Waals surface area contributed by atoms with Gasteiger partial charge in [-0.3, -0.25) is 4.98 Å². The Hall–Kier alpha value is -3.34. The summed E-state index contributed by atoms with van der Waals surface area (Å²) in [5.74, 6) is 0.684. The first-order valence-electron chi connectivity index (χ1n) is 10.6. The fourth-order valence-electron chi connectivity index (χ4n) is 4.06. The number of hydrogen-bond acceptors (Lipinski definition) is 7. The molecule has 8 nitrogen and oxygen atoms in total. The summed E-state index contributed by atoms with van der Waals surface area (Å²) in [5.41, 5.74) is 3.55. The molecule has 1 aliphatic heterocycles. The Morgan fingerprint density at radius 3 is 2.41 bits per heavy atom. The topological polar surface area (TPSA) is 109 Å². The van der Waals surface area contributed by atoms with Crippen LogP contribution in [0.3, 0.4) is 0 Å². The van der Waals surface area contributed by atoms with Gasteiger partial charge < -0.3 is 5.32 Å². The second kappa shape index (κ2) is 8.46. The molecule has 0 atom stereocenters. The lowest BCUT2D eigenvalue weighted by molar-refractivity contribution is 0.391. The molecule has 4 aromatic rings. The number of aromatic nitrogens is 2. The first-order chi connectivity index (χ1) is 16.2. The van der Waals surface area contributed by atoms with Crippen LogP contribution in [0.1, 0.15) is 11.1 Å². The van der Waals surface area contributed by atoms with Gasteiger partial charge >= 0.3 is 0 Å². The molecule has 0 saturated heterocycles. The molecule has 1 aliphatic rings. The second-order valence-corrected chi connectivity index (χ2v) is 12.1. The van der Waals surface area contributed by atoms with E-state index in [1.54, 1.807) is 12.4 Å². The fraction of sp³-hybridized carbons (Fsp3) is 0.167.